The Kier molecular flexibility index (Phi) is 10.6. The summed E-state index contributed by atoms with van der Waals surface area (Å²) >= 11 is 1.68. The third kappa shape index (κ3) is 7.49. The van der Waals surface area contributed by atoms with Gasteiger partial charge in [-0.1, -0.05) is 32.0 Å². The molecule has 0 amide bonds. The van der Waals surface area contributed by atoms with Gasteiger partial charge in [-0.05, 0) is 30.9 Å². The Morgan fingerprint density at radius 2 is 2.04 bits per heavy atom. The van der Waals surface area contributed by atoms with Crippen molar-refractivity contribution in [3.8, 4) is 5.75 Å². The van der Waals surface area contributed by atoms with Crippen molar-refractivity contribution in [2.75, 3.05) is 20.2 Å². The number of nitrogens with zero attached hydrogens (tertiary/aromatic N) is 2. The van der Waals surface area contributed by atoms with Gasteiger partial charge in [0.15, 0.2) is 5.96 Å². The molecule has 0 bridgehead atoms. The Hall–Kier alpha value is -1.35. The summed E-state index contributed by atoms with van der Waals surface area (Å²) in [5.41, 5.74) is 2.32. The van der Waals surface area contributed by atoms with Crippen molar-refractivity contribution in [2.45, 2.75) is 39.7 Å². The molecule has 0 fully saturated rings. The molecule has 5 nitrogen and oxygen atoms in total. The predicted molar refractivity (Wildman–Crippen MR) is 121 cm³/mol. The first-order valence-electron chi connectivity index (χ1n) is 8.67. The quantitative estimate of drug-likeness (QED) is 0.252. The molecule has 0 atom stereocenters. The van der Waals surface area contributed by atoms with Gasteiger partial charge in [0, 0.05) is 19.0 Å². The molecule has 0 spiro atoms. The topological polar surface area (TPSA) is 58.5 Å². The van der Waals surface area contributed by atoms with E-state index >= 15 is 0 Å². The number of halogens is 1. The van der Waals surface area contributed by atoms with Crippen LogP contribution in [0.4, 0.5) is 0 Å². The van der Waals surface area contributed by atoms with E-state index in [4.69, 9.17) is 4.74 Å². The van der Waals surface area contributed by atoms with E-state index in [2.05, 4.69) is 52.8 Å². The maximum Gasteiger partial charge on any atom is 0.191 e. The molecule has 144 valence electrons. The number of nitrogens with one attached hydrogen (secondary N) is 2. The molecule has 1 heterocycles. The van der Waals surface area contributed by atoms with Gasteiger partial charge in [0.25, 0.3) is 0 Å². The van der Waals surface area contributed by atoms with Crippen LogP contribution < -0.4 is 15.4 Å². The zero-order valence-electron chi connectivity index (χ0n) is 15.9. The fourth-order valence-corrected chi connectivity index (χ4v) is 3.13. The second-order valence-corrected chi connectivity index (χ2v) is 7.08. The third-order valence-corrected chi connectivity index (χ3v) is 4.62. The molecule has 0 aliphatic heterocycles. The molecule has 7 heteroatoms. The van der Waals surface area contributed by atoms with Crippen molar-refractivity contribution in [1.82, 2.24) is 15.6 Å². The van der Waals surface area contributed by atoms with E-state index in [1.165, 1.54) is 0 Å². The minimum absolute atomic E-state index is 0. The minimum atomic E-state index is 0. The summed E-state index contributed by atoms with van der Waals surface area (Å²) in [5, 5.41) is 9.81. The Balaban J connectivity index is 0.00000338. The highest BCUT2D eigenvalue weighted by Crippen LogP contribution is 2.17. The second kappa shape index (κ2) is 12.1. The summed E-state index contributed by atoms with van der Waals surface area (Å²) in [6.45, 7) is 8.55. The van der Waals surface area contributed by atoms with Crippen LogP contribution in [0.3, 0.4) is 0 Å². The zero-order valence-corrected chi connectivity index (χ0v) is 19.1. The van der Waals surface area contributed by atoms with Crippen LogP contribution in [-0.2, 0) is 6.54 Å². The van der Waals surface area contributed by atoms with E-state index in [-0.39, 0.29) is 24.0 Å². The molecule has 0 saturated heterocycles. The van der Waals surface area contributed by atoms with Crippen molar-refractivity contribution < 1.29 is 4.74 Å². The molecule has 0 aliphatic carbocycles. The van der Waals surface area contributed by atoms with Gasteiger partial charge in [-0.25, -0.2) is 4.98 Å². The number of ether oxygens (including phenoxy) is 1. The molecule has 0 saturated carbocycles. The van der Waals surface area contributed by atoms with Crippen LogP contribution in [-0.4, -0.2) is 31.1 Å². The Morgan fingerprint density at radius 3 is 2.69 bits per heavy atom. The molecule has 1 aromatic carbocycles. The SMILES string of the molecule is CN=C(NCCCOc1ccccc1C)NCc1nc(C(C)C)cs1.I. The van der Waals surface area contributed by atoms with Crippen molar-refractivity contribution in [3.05, 3.63) is 45.9 Å². The van der Waals surface area contributed by atoms with Gasteiger partial charge in [-0.15, -0.1) is 35.3 Å². The molecule has 1 aromatic heterocycles. The first-order chi connectivity index (χ1) is 12.1. The van der Waals surface area contributed by atoms with Gasteiger partial charge in [0.1, 0.15) is 10.8 Å². The molecular formula is C19H29IN4OS. The normalized spacial score (nSPS) is 11.2. The number of rotatable bonds is 8. The lowest BCUT2D eigenvalue weighted by atomic mass is 10.2. The van der Waals surface area contributed by atoms with Gasteiger partial charge in [-0.2, -0.15) is 0 Å². The number of benzene rings is 1. The van der Waals surface area contributed by atoms with Gasteiger partial charge >= 0.3 is 0 Å². The van der Waals surface area contributed by atoms with Crippen molar-refractivity contribution in [3.63, 3.8) is 0 Å². The van der Waals surface area contributed by atoms with E-state index < -0.39 is 0 Å². The number of aryl methyl sites for hydroxylation is 1. The van der Waals surface area contributed by atoms with Gasteiger partial charge in [0.2, 0.25) is 0 Å². The first kappa shape index (κ1) is 22.7. The minimum Gasteiger partial charge on any atom is -0.493 e. The lowest BCUT2D eigenvalue weighted by Gasteiger charge is -2.12. The number of guanidine groups is 1. The average molecular weight is 488 g/mol. The van der Waals surface area contributed by atoms with Gasteiger partial charge in [0.05, 0.1) is 18.8 Å². The zero-order chi connectivity index (χ0) is 18.1. The molecule has 0 radical (unpaired) electrons. The van der Waals surface area contributed by atoms with Gasteiger partial charge in [-0.3, -0.25) is 4.99 Å². The summed E-state index contributed by atoms with van der Waals surface area (Å²) in [7, 11) is 1.78. The molecule has 26 heavy (non-hydrogen) atoms. The second-order valence-electron chi connectivity index (χ2n) is 6.14. The van der Waals surface area contributed by atoms with E-state index in [0.717, 1.165) is 40.9 Å². The monoisotopic (exact) mass is 488 g/mol. The molecule has 0 unspecified atom stereocenters. The summed E-state index contributed by atoms with van der Waals surface area (Å²) in [6, 6.07) is 8.08. The fourth-order valence-electron chi connectivity index (χ4n) is 2.23. The van der Waals surface area contributed by atoms with Crippen LogP contribution in [0.2, 0.25) is 0 Å². The number of hydrogen-bond donors (Lipinski definition) is 2. The lowest BCUT2D eigenvalue weighted by molar-refractivity contribution is 0.309. The van der Waals surface area contributed by atoms with Gasteiger partial charge < -0.3 is 15.4 Å². The molecule has 2 N–H and O–H groups in total. The average Bonchev–Trinajstić information content (AvgIpc) is 3.08. The number of aliphatic imine (C=N–C) groups is 1. The van der Waals surface area contributed by atoms with E-state index in [1.807, 2.05) is 18.2 Å². The van der Waals surface area contributed by atoms with Crippen LogP contribution in [0.5, 0.6) is 5.75 Å². The molecule has 2 aromatic rings. The summed E-state index contributed by atoms with van der Waals surface area (Å²) in [6.07, 6.45) is 0.907. The lowest BCUT2D eigenvalue weighted by Crippen LogP contribution is -2.37. The number of para-hydroxylation sites is 1. The number of hydrogen-bond acceptors (Lipinski definition) is 4. The van der Waals surface area contributed by atoms with Crippen molar-refractivity contribution in [2.24, 2.45) is 4.99 Å². The molecule has 0 aliphatic rings. The van der Waals surface area contributed by atoms with E-state index in [1.54, 1.807) is 18.4 Å². The highest BCUT2D eigenvalue weighted by atomic mass is 127. The Bertz CT molecular complexity index is 688. The fraction of sp³-hybridized carbons (Fsp3) is 0.474. The highest BCUT2D eigenvalue weighted by Gasteiger charge is 2.06. The van der Waals surface area contributed by atoms with Crippen LogP contribution in [0, 0.1) is 6.92 Å². The van der Waals surface area contributed by atoms with Crippen LogP contribution >= 0.6 is 35.3 Å². The first-order valence-corrected chi connectivity index (χ1v) is 9.55. The predicted octanol–water partition coefficient (Wildman–Crippen LogP) is 4.33. The van der Waals surface area contributed by atoms with Crippen LogP contribution in [0.15, 0.2) is 34.6 Å². The Morgan fingerprint density at radius 1 is 1.27 bits per heavy atom. The Labute approximate surface area is 177 Å². The van der Waals surface area contributed by atoms with E-state index in [9.17, 15) is 0 Å². The maximum absolute atomic E-state index is 5.80. The van der Waals surface area contributed by atoms with Crippen LogP contribution in [0.1, 0.15) is 42.5 Å². The maximum atomic E-state index is 5.80. The van der Waals surface area contributed by atoms with Crippen molar-refractivity contribution in [1.29, 1.82) is 0 Å². The number of aromatic nitrogens is 1. The smallest absolute Gasteiger partial charge is 0.191 e. The van der Waals surface area contributed by atoms with Crippen LogP contribution in [0.25, 0.3) is 0 Å². The number of thiazole rings is 1. The van der Waals surface area contributed by atoms with Crippen molar-refractivity contribution >= 4 is 41.3 Å². The standard InChI is InChI=1S/C19H28N4OS.HI/c1-14(2)16-13-25-18(23-16)12-22-19(20-4)21-10-7-11-24-17-9-6-5-8-15(17)3;/h5-6,8-9,13-14H,7,10-12H2,1-4H3,(H2,20,21,22);1H. The van der Waals surface area contributed by atoms with E-state index in [0.29, 0.717) is 19.1 Å². The molecular weight excluding hydrogens is 459 g/mol. The summed E-state index contributed by atoms with van der Waals surface area (Å²) in [4.78, 5) is 8.87. The summed E-state index contributed by atoms with van der Waals surface area (Å²) in [5.74, 6) is 2.21. The summed E-state index contributed by atoms with van der Waals surface area (Å²) < 4.78 is 5.80. The molecule has 2 rings (SSSR count). The third-order valence-electron chi connectivity index (χ3n) is 3.76. The highest BCUT2D eigenvalue weighted by molar-refractivity contribution is 14.0. The largest absolute Gasteiger partial charge is 0.493 e.